The Balaban J connectivity index is 1.89. The first-order valence-corrected chi connectivity index (χ1v) is 6.45. The normalized spacial score (nSPS) is 28.3. The second-order valence-corrected chi connectivity index (χ2v) is 5.03. The molecule has 2 atom stereocenters. The zero-order valence-electron chi connectivity index (χ0n) is 9.92. The van der Waals surface area contributed by atoms with Crippen molar-refractivity contribution < 1.29 is 9.13 Å². The van der Waals surface area contributed by atoms with E-state index >= 15 is 0 Å². The van der Waals surface area contributed by atoms with Crippen molar-refractivity contribution in [2.75, 3.05) is 25.1 Å². The van der Waals surface area contributed by atoms with E-state index in [1.807, 2.05) is 6.07 Å². The van der Waals surface area contributed by atoms with E-state index in [0.717, 1.165) is 43.9 Å². The van der Waals surface area contributed by atoms with Crippen molar-refractivity contribution in [2.45, 2.75) is 25.2 Å². The average molecular weight is 235 g/mol. The third-order valence-corrected chi connectivity index (χ3v) is 3.95. The predicted molar refractivity (Wildman–Crippen MR) is 65.8 cm³/mol. The molecule has 1 aromatic rings. The maximum atomic E-state index is 13.4. The third-order valence-electron chi connectivity index (χ3n) is 3.95. The van der Waals surface area contributed by atoms with E-state index in [-0.39, 0.29) is 5.82 Å². The summed E-state index contributed by atoms with van der Waals surface area (Å²) in [7, 11) is 0. The quantitative estimate of drug-likeness (QED) is 0.807. The number of anilines is 1. The van der Waals surface area contributed by atoms with Gasteiger partial charge in [-0.05, 0) is 54.9 Å². The summed E-state index contributed by atoms with van der Waals surface area (Å²) in [4.78, 5) is 0. The van der Waals surface area contributed by atoms with Gasteiger partial charge in [0.25, 0.3) is 0 Å². The second kappa shape index (κ2) is 4.65. The minimum atomic E-state index is -0.130. The van der Waals surface area contributed by atoms with Crippen LogP contribution < -0.4 is 5.32 Å². The van der Waals surface area contributed by atoms with Gasteiger partial charge in [-0.2, -0.15) is 0 Å². The standard InChI is InChI=1S/C14H18FNO/c15-11-3-4-14-13(8-11)12(5-6-16-14)10-2-1-7-17-9-10/h3-4,8,10,12,16H,1-2,5-7,9H2. The molecule has 2 nitrogen and oxygen atoms in total. The lowest BCUT2D eigenvalue weighted by atomic mass is 9.78. The van der Waals surface area contributed by atoms with Gasteiger partial charge in [0, 0.05) is 25.4 Å². The Morgan fingerprint density at radius 2 is 2.24 bits per heavy atom. The highest BCUT2D eigenvalue weighted by Crippen LogP contribution is 2.40. The number of halogens is 1. The molecule has 0 bridgehead atoms. The molecule has 2 aliphatic rings. The van der Waals surface area contributed by atoms with Crippen LogP contribution in [0.5, 0.6) is 0 Å². The van der Waals surface area contributed by atoms with Crippen molar-refractivity contribution in [3.8, 4) is 0 Å². The summed E-state index contributed by atoms with van der Waals surface area (Å²) in [5.74, 6) is 0.892. The molecule has 3 rings (SSSR count). The van der Waals surface area contributed by atoms with Gasteiger partial charge in [-0.25, -0.2) is 4.39 Å². The highest BCUT2D eigenvalue weighted by Gasteiger charge is 2.29. The van der Waals surface area contributed by atoms with Gasteiger partial charge in [-0.3, -0.25) is 0 Å². The van der Waals surface area contributed by atoms with Crippen LogP contribution >= 0.6 is 0 Å². The molecule has 2 aliphatic heterocycles. The molecule has 17 heavy (non-hydrogen) atoms. The number of fused-ring (bicyclic) bond motifs is 1. The molecule has 0 amide bonds. The largest absolute Gasteiger partial charge is 0.385 e. The van der Waals surface area contributed by atoms with Crippen LogP contribution in [-0.4, -0.2) is 19.8 Å². The molecule has 3 heteroatoms. The molecule has 92 valence electrons. The van der Waals surface area contributed by atoms with E-state index in [1.165, 1.54) is 12.5 Å². The lowest BCUT2D eigenvalue weighted by Crippen LogP contribution is -2.28. The summed E-state index contributed by atoms with van der Waals surface area (Å²) in [6.45, 7) is 2.71. The summed E-state index contributed by atoms with van der Waals surface area (Å²) >= 11 is 0. The monoisotopic (exact) mass is 235 g/mol. The minimum absolute atomic E-state index is 0.130. The van der Waals surface area contributed by atoms with Crippen LogP contribution in [0.3, 0.4) is 0 Å². The number of ether oxygens (including phenoxy) is 1. The molecular formula is C14H18FNO. The first-order valence-electron chi connectivity index (χ1n) is 6.45. The minimum Gasteiger partial charge on any atom is -0.385 e. The van der Waals surface area contributed by atoms with Gasteiger partial charge in [0.05, 0.1) is 0 Å². The van der Waals surface area contributed by atoms with Crippen LogP contribution in [-0.2, 0) is 4.74 Å². The first-order chi connectivity index (χ1) is 8.34. The van der Waals surface area contributed by atoms with E-state index < -0.39 is 0 Å². The van der Waals surface area contributed by atoms with Crippen LogP contribution in [0.15, 0.2) is 18.2 Å². The van der Waals surface area contributed by atoms with Gasteiger partial charge in [-0.1, -0.05) is 0 Å². The van der Waals surface area contributed by atoms with Gasteiger partial charge in [-0.15, -0.1) is 0 Å². The predicted octanol–water partition coefficient (Wildman–Crippen LogP) is 3.15. The van der Waals surface area contributed by atoms with Crippen molar-refractivity contribution in [3.63, 3.8) is 0 Å². The summed E-state index contributed by atoms with van der Waals surface area (Å²) in [6, 6.07) is 5.09. The average Bonchev–Trinajstić information content (AvgIpc) is 2.39. The second-order valence-electron chi connectivity index (χ2n) is 5.03. The van der Waals surface area contributed by atoms with Gasteiger partial charge in [0.2, 0.25) is 0 Å². The molecule has 0 saturated carbocycles. The fourth-order valence-corrected chi connectivity index (χ4v) is 3.09. The molecule has 1 fully saturated rings. The van der Waals surface area contributed by atoms with E-state index in [1.54, 1.807) is 6.07 Å². The van der Waals surface area contributed by atoms with Crippen LogP contribution in [0.1, 0.15) is 30.7 Å². The lowest BCUT2D eigenvalue weighted by molar-refractivity contribution is 0.0428. The van der Waals surface area contributed by atoms with Crippen LogP contribution in [0.4, 0.5) is 10.1 Å². The van der Waals surface area contributed by atoms with Crippen LogP contribution in [0, 0.1) is 11.7 Å². The zero-order valence-corrected chi connectivity index (χ0v) is 9.92. The van der Waals surface area contributed by atoms with Crippen molar-refractivity contribution >= 4 is 5.69 Å². The Morgan fingerprint density at radius 1 is 1.29 bits per heavy atom. The molecule has 2 unspecified atom stereocenters. The molecule has 1 saturated heterocycles. The third kappa shape index (κ3) is 2.16. The van der Waals surface area contributed by atoms with Crippen molar-refractivity contribution in [1.29, 1.82) is 0 Å². The van der Waals surface area contributed by atoms with Crippen molar-refractivity contribution in [3.05, 3.63) is 29.6 Å². The molecule has 1 N–H and O–H groups in total. The van der Waals surface area contributed by atoms with Gasteiger partial charge < -0.3 is 10.1 Å². The van der Waals surface area contributed by atoms with E-state index in [9.17, 15) is 4.39 Å². The molecule has 2 heterocycles. The summed E-state index contributed by atoms with van der Waals surface area (Å²) in [5, 5.41) is 3.35. The Kier molecular flexibility index (Phi) is 3.02. The summed E-state index contributed by atoms with van der Waals surface area (Å²) < 4.78 is 18.9. The fourth-order valence-electron chi connectivity index (χ4n) is 3.09. The zero-order chi connectivity index (χ0) is 11.7. The lowest BCUT2D eigenvalue weighted by Gasteiger charge is -2.35. The Bertz CT molecular complexity index is 401. The smallest absolute Gasteiger partial charge is 0.123 e. The maximum absolute atomic E-state index is 13.4. The highest BCUT2D eigenvalue weighted by molar-refractivity contribution is 5.55. The molecule has 0 radical (unpaired) electrons. The van der Waals surface area contributed by atoms with Gasteiger partial charge in [0.1, 0.15) is 5.82 Å². The molecular weight excluding hydrogens is 217 g/mol. The van der Waals surface area contributed by atoms with E-state index in [2.05, 4.69) is 5.32 Å². The molecule has 1 aromatic carbocycles. The Morgan fingerprint density at radius 3 is 3.06 bits per heavy atom. The number of rotatable bonds is 1. The first kappa shape index (κ1) is 11.0. The number of nitrogens with one attached hydrogen (secondary N) is 1. The molecule has 0 aromatic heterocycles. The maximum Gasteiger partial charge on any atom is 0.123 e. The molecule has 0 spiro atoms. The van der Waals surface area contributed by atoms with Crippen LogP contribution in [0.25, 0.3) is 0 Å². The van der Waals surface area contributed by atoms with Crippen molar-refractivity contribution in [2.24, 2.45) is 5.92 Å². The summed E-state index contributed by atoms with van der Waals surface area (Å²) in [5.41, 5.74) is 2.25. The van der Waals surface area contributed by atoms with E-state index in [4.69, 9.17) is 4.74 Å². The van der Waals surface area contributed by atoms with Crippen LogP contribution in [0.2, 0.25) is 0 Å². The summed E-state index contributed by atoms with van der Waals surface area (Å²) in [6.07, 6.45) is 3.43. The molecule has 0 aliphatic carbocycles. The Labute approximate surface area is 101 Å². The van der Waals surface area contributed by atoms with E-state index in [0.29, 0.717) is 11.8 Å². The Hall–Kier alpha value is -1.09. The fraction of sp³-hybridized carbons (Fsp3) is 0.571. The van der Waals surface area contributed by atoms with Gasteiger partial charge in [0.15, 0.2) is 0 Å². The van der Waals surface area contributed by atoms with Crippen molar-refractivity contribution in [1.82, 2.24) is 0 Å². The van der Waals surface area contributed by atoms with Gasteiger partial charge >= 0.3 is 0 Å². The number of benzene rings is 1. The number of hydrogen-bond acceptors (Lipinski definition) is 2. The SMILES string of the molecule is Fc1ccc2c(c1)C(C1CCCOC1)CCN2. The highest BCUT2D eigenvalue weighted by atomic mass is 19.1. The topological polar surface area (TPSA) is 21.3 Å². The number of hydrogen-bond donors (Lipinski definition) is 1.